The Bertz CT molecular complexity index is 3200. The maximum absolute atomic E-state index is 6.36. The second-order valence-corrected chi connectivity index (χ2v) is 14.8. The van der Waals surface area contributed by atoms with Gasteiger partial charge in [0, 0.05) is 58.6 Å². The molecule has 54 heavy (non-hydrogen) atoms. The first kappa shape index (κ1) is 30.7. The summed E-state index contributed by atoms with van der Waals surface area (Å²) in [6.07, 6.45) is 0. The summed E-state index contributed by atoms with van der Waals surface area (Å²) in [6.45, 7) is 0. The third-order valence-electron chi connectivity index (χ3n) is 10.5. The van der Waals surface area contributed by atoms with Crippen molar-refractivity contribution in [3.63, 3.8) is 0 Å². The number of fused-ring (bicyclic) bond motifs is 8. The van der Waals surface area contributed by atoms with Crippen LogP contribution in [-0.4, -0.2) is 9.97 Å². The number of benzene rings is 7. The Morgan fingerprint density at radius 3 is 1.83 bits per heavy atom. The van der Waals surface area contributed by atoms with Crippen LogP contribution in [0, 0.1) is 0 Å². The number of rotatable bonds is 5. The largest absolute Gasteiger partial charge is 0.455 e. The molecule has 0 fully saturated rings. The molecule has 0 aliphatic carbocycles. The van der Waals surface area contributed by atoms with Crippen LogP contribution in [0.4, 0.5) is 0 Å². The Hall–Kier alpha value is -6.88. The Balaban J connectivity index is 1.01. The van der Waals surface area contributed by atoms with Crippen molar-refractivity contribution in [2.75, 3.05) is 0 Å². The fourth-order valence-corrected chi connectivity index (χ4v) is 9.07. The topological polar surface area (TPSA) is 38.9 Å². The van der Waals surface area contributed by atoms with Gasteiger partial charge in [-0.05, 0) is 47.0 Å². The predicted molar refractivity (Wildman–Crippen MR) is 227 cm³/mol. The monoisotopic (exact) mass is 706 g/mol. The lowest BCUT2D eigenvalue weighted by Gasteiger charge is -2.12. The summed E-state index contributed by atoms with van der Waals surface area (Å²) in [5.74, 6) is 0. The van der Waals surface area contributed by atoms with Gasteiger partial charge in [0.25, 0.3) is 0 Å². The molecule has 3 nitrogen and oxygen atoms in total. The van der Waals surface area contributed by atoms with Crippen LogP contribution in [0.5, 0.6) is 0 Å². The van der Waals surface area contributed by atoms with E-state index in [0.717, 1.165) is 83.5 Å². The first-order valence-electron chi connectivity index (χ1n) is 18.1. The van der Waals surface area contributed by atoms with Crippen molar-refractivity contribution in [3.8, 4) is 56.0 Å². The quantitative estimate of drug-likeness (QED) is 0.179. The fourth-order valence-electron chi connectivity index (χ4n) is 7.84. The Morgan fingerprint density at radius 2 is 1.02 bits per heavy atom. The molecule has 0 saturated carbocycles. The number of nitrogens with zero attached hydrogens (tertiary/aromatic N) is 2. The molecule has 4 aromatic heterocycles. The standard InChI is InChI=1S/C50H30N2OS/c1-2-11-33(12-3-1)43-29-36(30-44(51-43)34-25-23-32(24-26-34)37-16-10-17-39-38-13-5-8-19-45(38)53-49(37)39)31-21-27-35(28-22-31)48-47-41-15-6-9-20-46(41)54-50(47)40-14-4-7-18-42(40)52-48/h1-30H. The van der Waals surface area contributed by atoms with Gasteiger partial charge in [-0.2, -0.15) is 0 Å². The number of hydrogen-bond donors (Lipinski definition) is 0. The molecular formula is C50H30N2OS. The molecule has 7 aromatic carbocycles. The lowest BCUT2D eigenvalue weighted by molar-refractivity contribution is 0.670. The number of para-hydroxylation sites is 3. The molecule has 0 radical (unpaired) electrons. The minimum atomic E-state index is 0.904. The molecule has 252 valence electrons. The summed E-state index contributed by atoms with van der Waals surface area (Å²) < 4.78 is 8.92. The highest BCUT2D eigenvalue weighted by molar-refractivity contribution is 7.26. The van der Waals surface area contributed by atoms with E-state index >= 15 is 0 Å². The van der Waals surface area contributed by atoms with Gasteiger partial charge in [0.15, 0.2) is 0 Å². The van der Waals surface area contributed by atoms with Gasteiger partial charge in [0.1, 0.15) is 11.2 Å². The van der Waals surface area contributed by atoms with E-state index in [2.05, 4.69) is 164 Å². The van der Waals surface area contributed by atoms with E-state index in [4.69, 9.17) is 14.4 Å². The van der Waals surface area contributed by atoms with Crippen LogP contribution in [-0.2, 0) is 0 Å². The maximum atomic E-state index is 6.36. The van der Waals surface area contributed by atoms with Gasteiger partial charge in [-0.3, -0.25) is 0 Å². The van der Waals surface area contributed by atoms with Crippen LogP contribution in [0.15, 0.2) is 186 Å². The van der Waals surface area contributed by atoms with Gasteiger partial charge in [-0.1, -0.05) is 152 Å². The molecule has 4 heteroatoms. The Labute approximate surface area is 315 Å². The lowest BCUT2D eigenvalue weighted by Crippen LogP contribution is -1.92. The molecule has 0 saturated heterocycles. The number of aromatic nitrogens is 2. The molecule has 0 N–H and O–H groups in total. The van der Waals surface area contributed by atoms with Crippen LogP contribution < -0.4 is 0 Å². The summed E-state index contributed by atoms with van der Waals surface area (Å²) in [5.41, 5.74) is 13.4. The molecule has 11 aromatic rings. The zero-order valence-electron chi connectivity index (χ0n) is 29.0. The molecule has 4 heterocycles. The van der Waals surface area contributed by atoms with E-state index < -0.39 is 0 Å². The summed E-state index contributed by atoms with van der Waals surface area (Å²) >= 11 is 1.85. The van der Waals surface area contributed by atoms with Crippen molar-refractivity contribution in [1.29, 1.82) is 0 Å². The second-order valence-electron chi connectivity index (χ2n) is 13.7. The smallest absolute Gasteiger partial charge is 0.143 e. The molecule has 0 aliphatic heterocycles. The van der Waals surface area contributed by atoms with Crippen LogP contribution >= 0.6 is 11.3 Å². The van der Waals surface area contributed by atoms with Crippen molar-refractivity contribution in [2.24, 2.45) is 0 Å². The zero-order valence-corrected chi connectivity index (χ0v) is 29.8. The number of thiophene rings is 1. The van der Waals surface area contributed by atoms with Crippen LogP contribution in [0.2, 0.25) is 0 Å². The van der Waals surface area contributed by atoms with Crippen LogP contribution in [0.25, 0.3) is 109 Å². The molecule has 0 unspecified atom stereocenters. The van der Waals surface area contributed by atoms with Crippen molar-refractivity contribution in [1.82, 2.24) is 9.97 Å². The van der Waals surface area contributed by atoms with Gasteiger partial charge in [0.2, 0.25) is 0 Å². The van der Waals surface area contributed by atoms with Gasteiger partial charge in [-0.25, -0.2) is 9.97 Å². The van der Waals surface area contributed by atoms with E-state index in [0.29, 0.717) is 0 Å². The normalized spacial score (nSPS) is 11.7. The first-order chi connectivity index (χ1) is 26.7. The predicted octanol–water partition coefficient (Wildman–Crippen LogP) is 14.2. The van der Waals surface area contributed by atoms with Gasteiger partial charge >= 0.3 is 0 Å². The van der Waals surface area contributed by atoms with Crippen LogP contribution in [0.1, 0.15) is 0 Å². The van der Waals surface area contributed by atoms with Crippen molar-refractivity contribution < 1.29 is 4.42 Å². The van der Waals surface area contributed by atoms with E-state index in [-0.39, 0.29) is 0 Å². The van der Waals surface area contributed by atoms with Gasteiger partial charge < -0.3 is 4.42 Å². The van der Waals surface area contributed by atoms with Crippen LogP contribution in [0.3, 0.4) is 0 Å². The van der Waals surface area contributed by atoms with Crippen molar-refractivity contribution in [3.05, 3.63) is 182 Å². The second kappa shape index (κ2) is 12.4. The van der Waals surface area contributed by atoms with E-state index in [1.165, 1.54) is 25.6 Å². The van der Waals surface area contributed by atoms with Crippen molar-refractivity contribution in [2.45, 2.75) is 0 Å². The average Bonchev–Trinajstić information content (AvgIpc) is 3.83. The molecule has 0 atom stereocenters. The summed E-state index contributed by atoms with van der Waals surface area (Å²) in [7, 11) is 0. The Morgan fingerprint density at radius 1 is 0.407 bits per heavy atom. The lowest BCUT2D eigenvalue weighted by atomic mass is 9.96. The molecule has 0 bridgehead atoms. The maximum Gasteiger partial charge on any atom is 0.143 e. The van der Waals surface area contributed by atoms with E-state index in [1.54, 1.807) is 0 Å². The van der Waals surface area contributed by atoms with E-state index in [9.17, 15) is 0 Å². The zero-order chi connectivity index (χ0) is 35.6. The third kappa shape index (κ3) is 5.03. The minimum Gasteiger partial charge on any atom is -0.455 e. The number of hydrogen-bond acceptors (Lipinski definition) is 4. The average molecular weight is 707 g/mol. The van der Waals surface area contributed by atoms with Crippen molar-refractivity contribution >= 4 is 64.4 Å². The third-order valence-corrected chi connectivity index (χ3v) is 11.7. The van der Waals surface area contributed by atoms with Gasteiger partial charge in [0.05, 0.1) is 22.6 Å². The summed E-state index contributed by atoms with van der Waals surface area (Å²) in [5, 5.41) is 5.94. The summed E-state index contributed by atoms with van der Waals surface area (Å²) in [4.78, 5) is 10.5. The summed E-state index contributed by atoms with van der Waals surface area (Å²) in [6, 6.07) is 64.1. The molecule has 0 amide bonds. The molecular weight excluding hydrogens is 677 g/mol. The molecule has 11 rings (SSSR count). The Kier molecular flexibility index (Phi) is 7.04. The molecule has 0 aliphatic rings. The minimum absolute atomic E-state index is 0.904. The highest BCUT2D eigenvalue weighted by atomic mass is 32.1. The SMILES string of the molecule is c1ccc(-c2cc(-c3ccc(-c4nc5ccccc5c5sc6ccccc6c45)cc3)cc(-c3ccc(-c4cccc5c4oc4ccccc45)cc3)n2)cc1. The van der Waals surface area contributed by atoms with E-state index in [1.807, 2.05) is 29.5 Å². The highest BCUT2D eigenvalue weighted by Gasteiger charge is 2.17. The highest BCUT2D eigenvalue weighted by Crippen LogP contribution is 2.43. The number of pyridine rings is 2. The van der Waals surface area contributed by atoms with Gasteiger partial charge in [-0.15, -0.1) is 11.3 Å². The molecule has 0 spiro atoms. The number of furan rings is 1. The fraction of sp³-hybridized carbons (Fsp3) is 0. The first-order valence-corrected chi connectivity index (χ1v) is 19.0.